The molecule has 18 heavy (non-hydrogen) atoms. The first-order valence-corrected chi connectivity index (χ1v) is 5.63. The van der Waals surface area contributed by atoms with Gasteiger partial charge in [-0.05, 0) is 24.3 Å². The summed E-state index contributed by atoms with van der Waals surface area (Å²) in [6.07, 6.45) is 0. The number of benzene rings is 2. The lowest BCUT2D eigenvalue weighted by molar-refractivity contribution is 0.631. The fraction of sp³-hybridized carbons (Fsp3) is 0. The van der Waals surface area contributed by atoms with Crippen LogP contribution in [-0.4, -0.2) is 4.98 Å². The first-order chi connectivity index (χ1) is 8.75. The van der Waals surface area contributed by atoms with Gasteiger partial charge in [0.1, 0.15) is 5.82 Å². The van der Waals surface area contributed by atoms with E-state index < -0.39 is 0 Å². The Bertz CT molecular complexity index is 777. The summed E-state index contributed by atoms with van der Waals surface area (Å²) in [6.45, 7) is 0. The summed E-state index contributed by atoms with van der Waals surface area (Å²) in [7, 11) is 0. The van der Waals surface area contributed by atoms with Gasteiger partial charge in [0, 0.05) is 22.5 Å². The summed E-state index contributed by atoms with van der Waals surface area (Å²) in [5, 5.41) is 0.609. The van der Waals surface area contributed by atoms with E-state index in [1.807, 2.05) is 6.07 Å². The van der Waals surface area contributed by atoms with Crippen molar-refractivity contribution in [3.8, 4) is 11.3 Å². The van der Waals surface area contributed by atoms with E-state index in [1.165, 1.54) is 12.1 Å². The van der Waals surface area contributed by atoms with Crippen LogP contribution in [0.1, 0.15) is 0 Å². The van der Waals surface area contributed by atoms with Crippen molar-refractivity contribution in [2.24, 2.45) is 0 Å². The number of para-hydroxylation sites is 1. The van der Waals surface area contributed by atoms with Crippen molar-refractivity contribution in [1.29, 1.82) is 0 Å². The van der Waals surface area contributed by atoms with Crippen molar-refractivity contribution in [2.75, 3.05) is 0 Å². The minimum absolute atomic E-state index is 0.109. The second-order valence-corrected chi connectivity index (χ2v) is 4.07. The molecule has 1 aromatic heterocycles. The predicted octanol–water partition coefficient (Wildman–Crippen LogP) is 3.33. The number of hydrogen-bond acceptors (Lipinski definition) is 1. The molecule has 0 atom stereocenters. The molecule has 1 N–H and O–H groups in total. The maximum atomic E-state index is 13.7. The van der Waals surface area contributed by atoms with Gasteiger partial charge in [-0.15, -0.1) is 0 Å². The lowest BCUT2D eigenvalue weighted by Crippen LogP contribution is -2.03. The smallest absolute Gasteiger partial charge is 0.190 e. The lowest BCUT2D eigenvalue weighted by atomic mass is 10.1. The highest BCUT2D eigenvalue weighted by Crippen LogP contribution is 2.21. The number of halogens is 1. The molecule has 2 aromatic carbocycles. The van der Waals surface area contributed by atoms with Gasteiger partial charge in [-0.1, -0.05) is 24.3 Å². The maximum absolute atomic E-state index is 13.7. The Morgan fingerprint density at radius 2 is 1.67 bits per heavy atom. The largest absolute Gasteiger partial charge is 0.354 e. The van der Waals surface area contributed by atoms with Crippen LogP contribution < -0.4 is 5.43 Å². The first-order valence-electron chi connectivity index (χ1n) is 5.63. The second kappa shape index (κ2) is 4.11. The third kappa shape index (κ3) is 1.70. The van der Waals surface area contributed by atoms with Crippen molar-refractivity contribution in [1.82, 2.24) is 4.98 Å². The fourth-order valence-electron chi connectivity index (χ4n) is 2.02. The molecule has 0 bridgehead atoms. The van der Waals surface area contributed by atoms with E-state index in [0.29, 0.717) is 22.2 Å². The normalized spacial score (nSPS) is 10.7. The number of H-pyrrole nitrogens is 1. The molecule has 0 saturated carbocycles. The van der Waals surface area contributed by atoms with Crippen molar-refractivity contribution in [2.45, 2.75) is 0 Å². The van der Waals surface area contributed by atoms with Crippen molar-refractivity contribution in [3.05, 3.63) is 70.6 Å². The molecular formula is C15H10FNO. The SMILES string of the molecule is O=c1cc(-c2ccccc2F)[nH]c2ccccc12. The van der Waals surface area contributed by atoms with Gasteiger partial charge in [0.25, 0.3) is 0 Å². The van der Waals surface area contributed by atoms with Gasteiger partial charge in [0.05, 0.1) is 5.69 Å². The molecule has 2 nitrogen and oxygen atoms in total. The summed E-state index contributed by atoms with van der Waals surface area (Å²) in [5.41, 5.74) is 1.50. The summed E-state index contributed by atoms with van der Waals surface area (Å²) >= 11 is 0. The van der Waals surface area contributed by atoms with E-state index in [-0.39, 0.29) is 11.2 Å². The van der Waals surface area contributed by atoms with Crippen LogP contribution >= 0.6 is 0 Å². The maximum Gasteiger partial charge on any atom is 0.190 e. The monoisotopic (exact) mass is 239 g/mol. The Morgan fingerprint density at radius 1 is 0.944 bits per heavy atom. The zero-order valence-corrected chi connectivity index (χ0v) is 9.48. The highest BCUT2D eigenvalue weighted by molar-refractivity contribution is 5.81. The molecule has 0 spiro atoms. The third-order valence-electron chi connectivity index (χ3n) is 2.90. The zero-order valence-electron chi connectivity index (χ0n) is 9.48. The standard InChI is InChI=1S/C15H10FNO/c16-12-7-3-1-5-10(12)14-9-15(18)11-6-2-4-8-13(11)17-14/h1-9H,(H,17,18). The van der Waals surface area contributed by atoms with Gasteiger partial charge in [-0.3, -0.25) is 4.79 Å². The molecule has 0 fully saturated rings. The molecule has 0 saturated heterocycles. The number of aromatic nitrogens is 1. The minimum Gasteiger partial charge on any atom is -0.354 e. The van der Waals surface area contributed by atoms with Crippen LogP contribution in [-0.2, 0) is 0 Å². The molecule has 3 heteroatoms. The van der Waals surface area contributed by atoms with Crippen LogP contribution in [0, 0.1) is 5.82 Å². The number of aromatic amines is 1. The van der Waals surface area contributed by atoms with E-state index in [9.17, 15) is 9.18 Å². The van der Waals surface area contributed by atoms with E-state index in [1.54, 1.807) is 36.4 Å². The summed E-state index contributed by atoms with van der Waals surface area (Å²) in [4.78, 5) is 15.0. The number of nitrogens with one attached hydrogen (secondary N) is 1. The Balaban J connectivity index is 2.32. The molecule has 1 heterocycles. The van der Waals surface area contributed by atoms with Crippen LogP contribution in [0.25, 0.3) is 22.2 Å². The molecule has 0 aliphatic heterocycles. The van der Waals surface area contributed by atoms with Crippen molar-refractivity contribution >= 4 is 10.9 Å². The Labute approximate surface area is 103 Å². The van der Waals surface area contributed by atoms with Crippen molar-refractivity contribution in [3.63, 3.8) is 0 Å². The Hall–Kier alpha value is -2.42. The van der Waals surface area contributed by atoms with Crippen LogP contribution in [0.4, 0.5) is 4.39 Å². The van der Waals surface area contributed by atoms with Gasteiger partial charge >= 0.3 is 0 Å². The molecule has 88 valence electrons. The molecule has 0 amide bonds. The molecule has 3 rings (SSSR count). The van der Waals surface area contributed by atoms with Gasteiger partial charge in [-0.25, -0.2) is 4.39 Å². The molecule has 0 aliphatic rings. The van der Waals surface area contributed by atoms with Crippen LogP contribution in [0.5, 0.6) is 0 Å². The summed E-state index contributed by atoms with van der Waals surface area (Å²) in [5.74, 6) is -0.344. The highest BCUT2D eigenvalue weighted by atomic mass is 19.1. The molecular weight excluding hydrogens is 229 g/mol. The topological polar surface area (TPSA) is 32.9 Å². The molecule has 0 aliphatic carbocycles. The molecule has 3 aromatic rings. The number of hydrogen-bond donors (Lipinski definition) is 1. The van der Waals surface area contributed by atoms with E-state index in [4.69, 9.17) is 0 Å². The third-order valence-corrected chi connectivity index (χ3v) is 2.90. The van der Waals surface area contributed by atoms with Gasteiger partial charge < -0.3 is 4.98 Å². The van der Waals surface area contributed by atoms with E-state index >= 15 is 0 Å². The Kier molecular flexibility index (Phi) is 2.45. The predicted molar refractivity (Wildman–Crippen MR) is 70.0 cm³/mol. The first kappa shape index (κ1) is 10.7. The van der Waals surface area contributed by atoms with Gasteiger partial charge in [0.2, 0.25) is 0 Å². The highest BCUT2D eigenvalue weighted by Gasteiger charge is 2.07. The Morgan fingerprint density at radius 3 is 2.50 bits per heavy atom. The number of fused-ring (bicyclic) bond motifs is 1. The molecule has 0 unspecified atom stereocenters. The van der Waals surface area contributed by atoms with Crippen LogP contribution in [0.3, 0.4) is 0 Å². The minimum atomic E-state index is -0.344. The van der Waals surface area contributed by atoms with Crippen molar-refractivity contribution < 1.29 is 4.39 Å². The number of pyridine rings is 1. The second-order valence-electron chi connectivity index (χ2n) is 4.07. The van der Waals surface area contributed by atoms with E-state index in [2.05, 4.69) is 4.98 Å². The van der Waals surface area contributed by atoms with Gasteiger partial charge in [-0.2, -0.15) is 0 Å². The van der Waals surface area contributed by atoms with Crippen LogP contribution in [0.15, 0.2) is 59.4 Å². The molecule has 0 radical (unpaired) electrons. The van der Waals surface area contributed by atoms with Crippen LogP contribution in [0.2, 0.25) is 0 Å². The fourth-order valence-corrected chi connectivity index (χ4v) is 2.02. The average Bonchev–Trinajstić information content (AvgIpc) is 2.39. The lowest BCUT2D eigenvalue weighted by Gasteiger charge is -2.05. The van der Waals surface area contributed by atoms with Gasteiger partial charge in [0.15, 0.2) is 5.43 Å². The van der Waals surface area contributed by atoms with E-state index in [0.717, 1.165) is 0 Å². The number of rotatable bonds is 1. The quantitative estimate of drug-likeness (QED) is 0.694. The summed E-state index contributed by atoms with van der Waals surface area (Å²) in [6, 6.07) is 15.0. The average molecular weight is 239 g/mol. The summed E-state index contributed by atoms with van der Waals surface area (Å²) < 4.78 is 13.7. The zero-order chi connectivity index (χ0) is 12.5.